The minimum absolute atomic E-state index is 0.362. The fraction of sp³-hybridized carbons (Fsp3) is 0.684. The second kappa shape index (κ2) is 7.42. The van der Waals surface area contributed by atoms with Crippen LogP contribution in [0.1, 0.15) is 46.1 Å². The van der Waals surface area contributed by atoms with Crippen LogP contribution in [0.2, 0.25) is 0 Å². The maximum atomic E-state index is 6.47. The van der Waals surface area contributed by atoms with Gasteiger partial charge in [0.1, 0.15) is 0 Å². The fourth-order valence-corrected chi connectivity index (χ4v) is 3.83. The fourth-order valence-electron chi connectivity index (χ4n) is 3.83. The van der Waals surface area contributed by atoms with Crippen LogP contribution in [-0.2, 0) is 6.54 Å². The molecule has 21 heavy (non-hydrogen) atoms. The molecular weight excluding hydrogens is 256 g/mol. The molecule has 0 saturated heterocycles. The Hall–Kier alpha value is -0.860. The molecule has 1 fully saturated rings. The summed E-state index contributed by atoms with van der Waals surface area (Å²) in [6.45, 7) is 11.5. The Labute approximate surface area is 130 Å². The van der Waals surface area contributed by atoms with Gasteiger partial charge in [-0.3, -0.25) is 4.90 Å². The first-order valence-corrected chi connectivity index (χ1v) is 8.51. The second-order valence-corrected chi connectivity index (χ2v) is 7.39. The summed E-state index contributed by atoms with van der Waals surface area (Å²) < 4.78 is 0. The van der Waals surface area contributed by atoms with Crippen LogP contribution in [0.4, 0.5) is 0 Å². The molecule has 0 bridgehead atoms. The van der Waals surface area contributed by atoms with Crippen LogP contribution >= 0.6 is 0 Å². The van der Waals surface area contributed by atoms with E-state index in [0.29, 0.717) is 18.0 Å². The van der Waals surface area contributed by atoms with Gasteiger partial charge in [-0.25, -0.2) is 0 Å². The summed E-state index contributed by atoms with van der Waals surface area (Å²) in [7, 11) is 0. The normalized spacial score (nSPS) is 30.0. The molecule has 0 amide bonds. The first-order chi connectivity index (χ1) is 9.97. The Bertz CT molecular complexity index is 403. The molecule has 2 nitrogen and oxygen atoms in total. The van der Waals surface area contributed by atoms with Gasteiger partial charge in [-0.05, 0) is 50.0 Å². The third-order valence-electron chi connectivity index (χ3n) is 5.13. The molecule has 4 unspecified atom stereocenters. The van der Waals surface area contributed by atoms with Crippen LogP contribution in [0.5, 0.6) is 0 Å². The van der Waals surface area contributed by atoms with Crippen LogP contribution < -0.4 is 5.73 Å². The zero-order chi connectivity index (χ0) is 15.4. The van der Waals surface area contributed by atoms with E-state index in [-0.39, 0.29) is 0 Å². The Morgan fingerprint density at radius 1 is 1.14 bits per heavy atom. The lowest BCUT2D eigenvalue weighted by Gasteiger charge is -2.41. The lowest BCUT2D eigenvalue weighted by molar-refractivity contribution is 0.0965. The van der Waals surface area contributed by atoms with Crippen LogP contribution in [0.25, 0.3) is 0 Å². The number of hydrogen-bond acceptors (Lipinski definition) is 2. The van der Waals surface area contributed by atoms with Gasteiger partial charge in [0.2, 0.25) is 0 Å². The molecule has 0 aliphatic heterocycles. The van der Waals surface area contributed by atoms with E-state index in [1.54, 1.807) is 0 Å². The Morgan fingerprint density at radius 2 is 1.81 bits per heavy atom. The second-order valence-electron chi connectivity index (χ2n) is 7.39. The van der Waals surface area contributed by atoms with Gasteiger partial charge >= 0.3 is 0 Å². The molecule has 1 aromatic carbocycles. The largest absolute Gasteiger partial charge is 0.327 e. The van der Waals surface area contributed by atoms with Gasteiger partial charge in [0.25, 0.3) is 0 Å². The summed E-state index contributed by atoms with van der Waals surface area (Å²) in [5.41, 5.74) is 7.87. The molecule has 118 valence electrons. The van der Waals surface area contributed by atoms with Crippen molar-refractivity contribution in [2.75, 3.05) is 6.54 Å². The quantitative estimate of drug-likeness (QED) is 0.890. The molecule has 4 atom stereocenters. The molecular formula is C19H32N2. The van der Waals surface area contributed by atoms with E-state index in [1.165, 1.54) is 18.4 Å². The molecule has 0 radical (unpaired) electrons. The highest BCUT2D eigenvalue weighted by Gasteiger charge is 2.33. The third-order valence-corrected chi connectivity index (χ3v) is 5.13. The van der Waals surface area contributed by atoms with Crippen molar-refractivity contribution in [2.45, 2.75) is 59.2 Å². The molecule has 1 aliphatic carbocycles. The van der Waals surface area contributed by atoms with E-state index in [1.807, 2.05) is 0 Å². The Balaban J connectivity index is 2.02. The van der Waals surface area contributed by atoms with Crippen molar-refractivity contribution in [1.82, 2.24) is 4.90 Å². The van der Waals surface area contributed by atoms with Crippen LogP contribution in [0.15, 0.2) is 30.3 Å². The summed E-state index contributed by atoms with van der Waals surface area (Å²) >= 11 is 0. The lowest BCUT2D eigenvalue weighted by Crippen LogP contribution is -2.47. The van der Waals surface area contributed by atoms with Gasteiger partial charge in [-0.15, -0.1) is 0 Å². The van der Waals surface area contributed by atoms with Crippen molar-refractivity contribution in [2.24, 2.45) is 23.5 Å². The molecule has 2 N–H and O–H groups in total. The van der Waals surface area contributed by atoms with Crippen LogP contribution in [0.3, 0.4) is 0 Å². The molecule has 1 aromatic rings. The average molecular weight is 288 g/mol. The third kappa shape index (κ3) is 4.55. The Kier molecular flexibility index (Phi) is 5.83. The first-order valence-electron chi connectivity index (χ1n) is 8.51. The van der Waals surface area contributed by atoms with Gasteiger partial charge in [0.15, 0.2) is 0 Å². The molecule has 1 saturated carbocycles. The maximum Gasteiger partial charge on any atom is 0.0236 e. The first kappa shape index (κ1) is 16.5. The zero-order valence-corrected chi connectivity index (χ0v) is 14.1. The summed E-state index contributed by atoms with van der Waals surface area (Å²) in [6.07, 6.45) is 2.52. The van der Waals surface area contributed by atoms with E-state index in [0.717, 1.165) is 24.9 Å². The summed E-state index contributed by atoms with van der Waals surface area (Å²) in [5.74, 6) is 2.15. The van der Waals surface area contributed by atoms with E-state index in [9.17, 15) is 0 Å². The molecule has 0 aromatic heterocycles. The minimum Gasteiger partial charge on any atom is -0.327 e. The van der Waals surface area contributed by atoms with E-state index in [4.69, 9.17) is 5.73 Å². The van der Waals surface area contributed by atoms with Crippen molar-refractivity contribution >= 4 is 0 Å². The summed E-state index contributed by atoms with van der Waals surface area (Å²) in [6, 6.07) is 11.7. The van der Waals surface area contributed by atoms with Crippen molar-refractivity contribution in [3.8, 4) is 0 Å². The molecule has 2 rings (SSSR count). The van der Waals surface area contributed by atoms with Gasteiger partial charge in [-0.2, -0.15) is 0 Å². The van der Waals surface area contributed by atoms with Gasteiger partial charge in [-0.1, -0.05) is 44.2 Å². The predicted octanol–water partition coefficient (Wildman–Crippen LogP) is 3.91. The minimum atomic E-state index is 0.362. The topological polar surface area (TPSA) is 29.3 Å². The molecule has 1 aliphatic rings. The molecule has 2 heteroatoms. The average Bonchev–Trinajstić information content (AvgIpc) is 2.42. The molecule has 0 spiro atoms. The maximum absolute atomic E-state index is 6.47. The summed E-state index contributed by atoms with van der Waals surface area (Å²) in [5, 5.41) is 0. The molecule has 0 heterocycles. The standard InChI is InChI=1S/C19H32N2/c1-14(2)21(12-17-8-6-5-7-9-17)13-18-16(4)10-15(3)11-19(18)20/h5-9,14-16,18-19H,10-13,20H2,1-4H3. The number of nitrogens with zero attached hydrogens (tertiary/aromatic N) is 1. The summed E-state index contributed by atoms with van der Waals surface area (Å²) in [4.78, 5) is 2.59. The number of hydrogen-bond donors (Lipinski definition) is 1. The highest BCUT2D eigenvalue weighted by atomic mass is 15.1. The van der Waals surface area contributed by atoms with Crippen molar-refractivity contribution in [3.05, 3.63) is 35.9 Å². The Morgan fingerprint density at radius 3 is 2.38 bits per heavy atom. The van der Waals surface area contributed by atoms with Gasteiger partial charge in [0.05, 0.1) is 0 Å². The number of nitrogens with two attached hydrogens (primary N) is 1. The van der Waals surface area contributed by atoms with E-state index < -0.39 is 0 Å². The van der Waals surface area contributed by atoms with Gasteiger partial charge in [0, 0.05) is 25.2 Å². The highest BCUT2D eigenvalue weighted by molar-refractivity contribution is 5.14. The van der Waals surface area contributed by atoms with Gasteiger partial charge < -0.3 is 5.73 Å². The van der Waals surface area contributed by atoms with Crippen molar-refractivity contribution < 1.29 is 0 Å². The van der Waals surface area contributed by atoms with E-state index >= 15 is 0 Å². The number of rotatable bonds is 5. The lowest BCUT2D eigenvalue weighted by atomic mass is 9.72. The van der Waals surface area contributed by atoms with Crippen molar-refractivity contribution in [3.63, 3.8) is 0 Å². The van der Waals surface area contributed by atoms with Crippen LogP contribution in [0, 0.1) is 17.8 Å². The zero-order valence-electron chi connectivity index (χ0n) is 14.1. The highest BCUT2D eigenvalue weighted by Crippen LogP contribution is 2.33. The predicted molar refractivity (Wildman–Crippen MR) is 91.0 cm³/mol. The smallest absolute Gasteiger partial charge is 0.0236 e. The SMILES string of the molecule is CC1CC(C)C(CN(Cc2ccccc2)C(C)C)C(N)C1. The van der Waals surface area contributed by atoms with Crippen molar-refractivity contribution in [1.29, 1.82) is 0 Å². The van der Waals surface area contributed by atoms with E-state index in [2.05, 4.69) is 62.9 Å². The monoisotopic (exact) mass is 288 g/mol. The number of benzene rings is 1. The van der Waals surface area contributed by atoms with Crippen LogP contribution in [-0.4, -0.2) is 23.5 Å².